The normalized spacial score (nSPS) is 10.2. The molecule has 0 fully saturated rings. The quantitative estimate of drug-likeness (QED) is 0.408. The minimum atomic E-state index is -0.722. The van der Waals surface area contributed by atoms with Gasteiger partial charge in [-0.15, -0.1) is 11.8 Å². The average Bonchev–Trinajstić information content (AvgIpc) is 3.19. The first-order valence-corrected chi connectivity index (χ1v) is 9.99. The third-order valence-corrected chi connectivity index (χ3v) is 5.06. The van der Waals surface area contributed by atoms with Crippen LogP contribution in [0, 0.1) is 11.3 Å². The molecule has 0 bridgehead atoms. The summed E-state index contributed by atoms with van der Waals surface area (Å²) in [6, 6.07) is 17.5. The molecule has 9 nitrogen and oxygen atoms in total. The van der Waals surface area contributed by atoms with Crippen molar-refractivity contribution in [3.05, 3.63) is 71.9 Å². The number of anilines is 1. The molecule has 156 valence electrons. The van der Waals surface area contributed by atoms with Gasteiger partial charge in [0, 0.05) is 4.90 Å². The highest BCUT2D eigenvalue weighted by Crippen LogP contribution is 2.23. The number of thioether (sulfide) groups is 1. The van der Waals surface area contributed by atoms with Gasteiger partial charge in [-0.3, -0.25) is 9.59 Å². The lowest BCUT2D eigenvalue weighted by Gasteiger charge is -2.11. The van der Waals surface area contributed by atoms with E-state index in [2.05, 4.69) is 10.4 Å². The van der Waals surface area contributed by atoms with Crippen molar-refractivity contribution >= 4 is 35.4 Å². The summed E-state index contributed by atoms with van der Waals surface area (Å²) >= 11 is 1.10. The summed E-state index contributed by atoms with van der Waals surface area (Å²) in [5, 5.41) is 16.0. The third kappa shape index (κ3) is 5.49. The van der Waals surface area contributed by atoms with Crippen LogP contribution in [-0.4, -0.2) is 39.9 Å². The third-order valence-electron chi connectivity index (χ3n) is 3.96. The fourth-order valence-electron chi connectivity index (χ4n) is 2.60. The summed E-state index contributed by atoms with van der Waals surface area (Å²) in [6.45, 7) is -0.571. The molecule has 2 amide bonds. The standard InChI is InChI=1S/C21H17N5O4S/c22-10-14-11-24-26(15-6-2-1-3-7-15)20(14)25-19(28)12-30-21(29)16-8-4-5-9-17(16)31-13-18(23)27/h1-9,11H,12-13H2,(H2,23,27)(H,25,28). The summed E-state index contributed by atoms with van der Waals surface area (Å²) in [6.07, 6.45) is 1.33. The second-order valence-corrected chi connectivity index (χ2v) is 7.16. The molecule has 0 aliphatic carbocycles. The zero-order valence-electron chi connectivity index (χ0n) is 16.1. The lowest BCUT2D eigenvalue weighted by molar-refractivity contribution is -0.119. The molecule has 3 aromatic rings. The number of hydrogen-bond donors (Lipinski definition) is 2. The van der Waals surface area contributed by atoms with Crippen LogP contribution in [0.15, 0.2) is 65.7 Å². The smallest absolute Gasteiger partial charge is 0.339 e. The maximum absolute atomic E-state index is 12.4. The van der Waals surface area contributed by atoms with Crippen LogP contribution in [0.5, 0.6) is 0 Å². The number of amides is 2. The second kappa shape index (κ2) is 10.1. The number of benzene rings is 2. The molecule has 1 heterocycles. The molecule has 0 aliphatic heterocycles. The van der Waals surface area contributed by atoms with E-state index < -0.39 is 24.4 Å². The number of nitrogens with zero attached hydrogens (tertiary/aromatic N) is 3. The van der Waals surface area contributed by atoms with E-state index in [0.29, 0.717) is 10.6 Å². The van der Waals surface area contributed by atoms with Crippen LogP contribution < -0.4 is 11.1 Å². The number of carbonyl (C=O) groups is 3. The number of esters is 1. The van der Waals surface area contributed by atoms with Crippen molar-refractivity contribution in [2.24, 2.45) is 5.73 Å². The first kappa shape index (κ1) is 21.6. The SMILES string of the molecule is N#Cc1cnn(-c2ccccc2)c1NC(=O)COC(=O)c1ccccc1SCC(N)=O. The van der Waals surface area contributed by atoms with E-state index in [1.807, 2.05) is 12.1 Å². The van der Waals surface area contributed by atoms with Gasteiger partial charge >= 0.3 is 5.97 Å². The molecule has 0 saturated heterocycles. The minimum Gasteiger partial charge on any atom is -0.452 e. The largest absolute Gasteiger partial charge is 0.452 e. The number of carbonyl (C=O) groups excluding carboxylic acids is 3. The summed E-state index contributed by atoms with van der Waals surface area (Å²) < 4.78 is 6.52. The molecule has 3 N–H and O–H groups in total. The summed E-state index contributed by atoms with van der Waals surface area (Å²) in [5.41, 5.74) is 6.18. The Hall–Kier alpha value is -4.10. The summed E-state index contributed by atoms with van der Waals surface area (Å²) in [7, 11) is 0. The average molecular weight is 435 g/mol. The predicted octanol–water partition coefficient (Wildman–Crippen LogP) is 2.12. The highest BCUT2D eigenvalue weighted by atomic mass is 32.2. The number of nitrogens with one attached hydrogen (secondary N) is 1. The number of ether oxygens (including phenoxy) is 1. The van der Waals surface area contributed by atoms with Gasteiger partial charge in [0.1, 0.15) is 11.6 Å². The topological polar surface area (TPSA) is 140 Å². The Morgan fingerprint density at radius 3 is 2.55 bits per heavy atom. The lowest BCUT2D eigenvalue weighted by Crippen LogP contribution is -2.23. The number of rotatable bonds is 8. The fraction of sp³-hybridized carbons (Fsp3) is 0.0952. The van der Waals surface area contributed by atoms with E-state index in [9.17, 15) is 19.6 Å². The maximum atomic E-state index is 12.4. The monoisotopic (exact) mass is 435 g/mol. The molecule has 0 unspecified atom stereocenters. The number of nitriles is 1. The Labute approximate surface area is 181 Å². The zero-order chi connectivity index (χ0) is 22.2. The Morgan fingerprint density at radius 1 is 1.13 bits per heavy atom. The van der Waals surface area contributed by atoms with Gasteiger partial charge in [0.25, 0.3) is 5.91 Å². The molecule has 31 heavy (non-hydrogen) atoms. The summed E-state index contributed by atoms with van der Waals surface area (Å²) in [5.74, 6) is -1.70. The Morgan fingerprint density at radius 2 is 1.84 bits per heavy atom. The van der Waals surface area contributed by atoms with E-state index in [0.717, 1.165) is 11.8 Å². The molecule has 0 saturated carbocycles. The van der Waals surface area contributed by atoms with E-state index in [1.165, 1.54) is 16.9 Å². The van der Waals surface area contributed by atoms with Gasteiger partial charge in [-0.25, -0.2) is 9.48 Å². The fourth-order valence-corrected chi connectivity index (χ4v) is 3.38. The van der Waals surface area contributed by atoms with Gasteiger partial charge in [0.15, 0.2) is 12.4 Å². The van der Waals surface area contributed by atoms with Crippen molar-refractivity contribution in [2.45, 2.75) is 4.90 Å². The first-order chi connectivity index (χ1) is 15.0. The van der Waals surface area contributed by atoms with E-state index >= 15 is 0 Å². The number of nitrogens with two attached hydrogens (primary N) is 1. The van der Waals surface area contributed by atoms with Crippen molar-refractivity contribution in [2.75, 3.05) is 17.7 Å². The van der Waals surface area contributed by atoms with Crippen LogP contribution in [-0.2, 0) is 14.3 Å². The van der Waals surface area contributed by atoms with E-state index in [4.69, 9.17) is 10.5 Å². The Bertz CT molecular complexity index is 1150. The molecule has 0 spiro atoms. The molecule has 0 radical (unpaired) electrons. The Balaban J connectivity index is 1.68. The van der Waals surface area contributed by atoms with E-state index in [1.54, 1.807) is 42.5 Å². The molecule has 0 aliphatic rings. The minimum absolute atomic E-state index is 0.00515. The van der Waals surface area contributed by atoms with Crippen molar-refractivity contribution in [1.29, 1.82) is 5.26 Å². The van der Waals surface area contributed by atoms with Crippen LogP contribution in [0.1, 0.15) is 15.9 Å². The molecule has 0 atom stereocenters. The predicted molar refractivity (Wildman–Crippen MR) is 114 cm³/mol. The zero-order valence-corrected chi connectivity index (χ0v) is 17.0. The van der Waals surface area contributed by atoms with Gasteiger partial charge in [0.2, 0.25) is 5.91 Å². The molecular formula is C21H17N5O4S. The van der Waals surface area contributed by atoms with Gasteiger partial charge in [-0.2, -0.15) is 10.4 Å². The summed E-state index contributed by atoms with van der Waals surface area (Å²) in [4.78, 5) is 36.3. The Kier molecular flexibility index (Phi) is 7.03. The number of primary amides is 1. The van der Waals surface area contributed by atoms with Crippen LogP contribution >= 0.6 is 11.8 Å². The molecule has 10 heteroatoms. The van der Waals surface area contributed by atoms with Crippen LogP contribution in [0.25, 0.3) is 5.69 Å². The highest BCUT2D eigenvalue weighted by molar-refractivity contribution is 8.00. The van der Waals surface area contributed by atoms with Crippen molar-refractivity contribution in [3.8, 4) is 11.8 Å². The van der Waals surface area contributed by atoms with Crippen LogP contribution in [0.3, 0.4) is 0 Å². The lowest BCUT2D eigenvalue weighted by atomic mass is 10.2. The maximum Gasteiger partial charge on any atom is 0.339 e. The van der Waals surface area contributed by atoms with Crippen LogP contribution in [0.2, 0.25) is 0 Å². The van der Waals surface area contributed by atoms with Crippen molar-refractivity contribution in [3.63, 3.8) is 0 Å². The van der Waals surface area contributed by atoms with Gasteiger partial charge in [-0.05, 0) is 24.3 Å². The molecule has 1 aromatic heterocycles. The number of aromatic nitrogens is 2. The van der Waals surface area contributed by atoms with Crippen molar-refractivity contribution < 1.29 is 19.1 Å². The number of para-hydroxylation sites is 1. The number of hydrogen-bond acceptors (Lipinski definition) is 7. The van der Waals surface area contributed by atoms with Gasteiger partial charge in [-0.1, -0.05) is 30.3 Å². The molecule has 3 rings (SSSR count). The van der Waals surface area contributed by atoms with Crippen LogP contribution in [0.4, 0.5) is 5.82 Å². The first-order valence-electron chi connectivity index (χ1n) is 9.00. The molecule has 2 aromatic carbocycles. The van der Waals surface area contributed by atoms with Crippen molar-refractivity contribution in [1.82, 2.24) is 9.78 Å². The highest BCUT2D eigenvalue weighted by Gasteiger charge is 2.18. The van der Waals surface area contributed by atoms with Gasteiger partial charge < -0.3 is 15.8 Å². The van der Waals surface area contributed by atoms with E-state index in [-0.39, 0.29) is 22.7 Å². The van der Waals surface area contributed by atoms with Gasteiger partial charge in [0.05, 0.1) is 23.2 Å². The second-order valence-electron chi connectivity index (χ2n) is 6.14. The molecular weight excluding hydrogens is 418 g/mol.